The van der Waals surface area contributed by atoms with Crippen LogP contribution in [-0.2, 0) is 19.6 Å². The van der Waals surface area contributed by atoms with Crippen molar-refractivity contribution >= 4 is 27.5 Å². The van der Waals surface area contributed by atoms with Crippen LogP contribution in [0.15, 0.2) is 0 Å². The zero-order valence-electron chi connectivity index (χ0n) is 19.6. The summed E-state index contributed by atoms with van der Waals surface area (Å²) in [6.45, 7) is 3.74. The van der Waals surface area contributed by atoms with Crippen LogP contribution in [0.3, 0.4) is 0 Å². The lowest BCUT2D eigenvalue weighted by atomic mass is 10.00. The molecule has 0 aromatic heterocycles. The molecule has 3 heterocycles. The number of nitrogens with one attached hydrogen (secondary N) is 2. The van der Waals surface area contributed by atoms with Gasteiger partial charge in [-0.2, -0.15) is 0 Å². The minimum absolute atomic E-state index is 0.0202. The Balaban J connectivity index is 1.22. The second-order valence-electron chi connectivity index (χ2n) is 10.0. The lowest BCUT2D eigenvalue weighted by Crippen LogP contribution is -2.57. The molecule has 1 amide bonds. The number of aliphatic hydroxyl groups excluding tert-OH is 2. The van der Waals surface area contributed by atoms with Crippen LogP contribution in [0, 0.1) is 0 Å². The number of hydrogen-bond donors (Lipinski definition) is 4. The van der Waals surface area contributed by atoms with Crippen molar-refractivity contribution in [3.8, 4) is 0 Å². The molecule has 5 atom stereocenters. The monoisotopic (exact) mass is 522 g/mol. The summed E-state index contributed by atoms with van der Waals surface area (Å²) in [6, 6.07) is 0. The van der Waals surface area contributed by atoms with Gasteiger partial charge in [0.05, 0.1) is 23.9 Å². The Kier molecular flexibility index (Phi) is 9.11. The number of piperidine rings is 1. The molecule has 34 heavy (non-hydrogen) atoms. The molecule has 3 aliphatic heterocycles. The van der Waals surface area contributed by atoms with Gasteiger partial charge in [0.1, 0.15) is 18.3 Å². The molecule has 0 aromatic rings. The van der Waals surface area contributed by atoms with E-state index in [1.54, 1.807) is 4.90 Å². The number of hydrogen-bond acceptors (Lipinski definition) is 8. The minimum atomic E-state index is -3.57. The number of nitrogens with zero attached hydrogens (tertiary/aromatic N) is 2. The number of rotatable bonds is 7. The smallest absolute Gasteiger partial charge is 0.225 e. The summed E-state index contributed by atoms with van der Waals surface area (Å²) in [7, 11) is -3.57. The molecule has 4 N–H and O–H groups in total. The predicted octanol–water partition coefficient (Wildman–Crippen LogP) is -0.421. The van der Waals surface area contributed by atoms with Crippen molar-refractivity contribution in [1.82, 2.24) is 19.8 Å². The van der Waals surface area contributed by atoms with Gasteiger partial charge in [-0.15, -0.1) is 11.6 Å². The third kappa shape index (κ3) is 6.42. The van der Waals surface area contributed by atoms with Gasteiger partial charge in [-0.05, 0) is 51.5 Å². The third-order valence-corrected chi connectivity index (χ3v) is 10.1. The van der Waals surface area contributed by atoms with Crippen LogP contribution in [0.2, 0.25) is 0 Å². The second-order valence-corrected chi connectivity index (χ2v) is 12.7. The molecule has 4 fully saturated rings. The lowest BCUT2D eigenvalue weighted by molar-refractivity contribution is -0.137. The van der Waals surface area contributed by atoms with E-state index in [9.17, 15) is 23.4 Å². The van der Waals surface area contributed by atoms with Crippen molar-refractivity contribution in [3.63, 3.8) is 0 Å². The molecule has 1 saturated carbocycles. The van der Waals surface area contributed by atoms with Crippen LogP contribution in [0.1, 0.15) is 51.4 Å². The Morgan fingerprint density at radius 3 is 2.32 bits per heavy atom. The maximum Gasteiger partial charge on any atom is 0.225 e. The van der Waals surface area contributed by atoms with Crippen molar-refractivity contribution in [2.24, 2.45) is 0 Å². The van der Waals surface area contributed by atoms with Crippen LogP contribution in [-0.4, -0.2) is 115 Å². The number of piperazine rings is 1. The van der Waals surface area contributed by atoms with Crippen molar-refractivity contribution in [1.29, 1.82) is 0 Å². The Morgan fingerprint density at radius 1 is 1.00 bits per heavy atom. The van der Waals surface area contributed by atoms with E-state index in [0.717, 1.165) is 26.1 Å². The quantitative estimate of drug-likeness (QED) is 0.331. The number of carbonyl (C=O) groups excluding carboxylic acids is 1. The van der Waals surface area contributed by atoms with Gasteiger partial charge in [0, 0.05) is 38.1 Å². The van der Waals surface area contributed by atoms with E-state index in [-0.39, 0.29) is 24.2 Å². The van der Waals surface area contributed by atoms with Crippen LogP contribution >= 0.6 is 11.6 Å². The molecule has 1 aliphatic carbocycles. The Bertz CT molecular complexity index is 782. The minimum Gasteiger partial charge on any atom is -0.388 e. The highest BCUT2D eigenvalue weighted by molar-refractivity contribution is 7.90. The molecule has 0 radical (unpaired) electrons. The number of aliphatic hydroxyl groups is 2. The Morgan fingerprint density at radius 2 is 1.68 bits per heavy atom. The maximum atomic E-state index is 12.8. The fraction of sp³-hybridized carbons (Fsp3) is 0.955. The van der Waals surface area contributed by atoms with E-state index in [2.05, 4.69) is 14.9 Å². The van der Waals surface area contributed by atoms with Gasteiger partial charge >= 0.3 is 0 Å². The molecule has 4 rings (SSSR count). The normalized spacial score (nSPS) is 38.2. The van der Waals surface area contributed by atoms with Gasteiger partial charge in [-0.25, -0.2) is 13.1 Å². The first-order chi connectivity index (χ1) is 16.2. The summed E-state index contributed by atoms with van der Waals surface area (Å²) in [5, 5.41) is 23.9. The highest BCUT2D eigenvalue weighted by atomic mass is 35.5. The zero-order chi connectivity index (χ0) is 24.3. The average Bonchev–Trinajstić information content (AvgIpc) is 3.11. The second kappa shape index (κ2) is 11.7. The van der Waals surface area contributed by atoms with Crippen LogP contribution in [0.25, 0.3) is 0 Å². The van der Waals surface area contributed by atoms with E-state index in [1.165, 1.54) is 12.8 Å². The van der Waals surface area contributed by atoms with E-state index >= 15 is 0 Å². The Labute approximate surface area is 207 Å². The fourth-order valence-electron chi connectivity index (χ4n) is 5.54. The molecule has 0 spiro atoms. The molecule has 4 aliphatic rings. The molecule has 0 aromatic carbocycles. The van der Waals surface area contributed by atoms with Gasteiger partial charge in [-0.1, -0.05) is 0 Å². The first kappa shape index (κ1) is 26.5. The van der Waals surface area contributed by atoms with Gasteiger partial charge in [-0.3, -0.25) is 9.69 Å². The maximum absolute atomic E-state index is 12.8. The van der Waals surface area contributed by atoms with Gasteiger partial charge in [0.25, 0.3) is 0 Å². The number of amides is 1. The summed E-state index contributed by atoms with van der Waals surface area (Å²) < 4.78 is 33.5. The third-order valence-electron chi connectivity index (χ3n) is 7.76. The first-order valence-electron chi connectivity index (χ1n) is 12.6. The average molecular weight is 523 g/mol. The molecule has 196 valence electrons. The highest BCUT2D eigenvalue weighted by Gasteiger charge is 2.44. The fourth-order valence-corrected chi connectivity index (χ4v) is 7.32. The number of halogens is 1. The highest BCUT2D eigenvalue weighted by Crippen LogP contribution is 2.28. The molecule has 12 heteroatoms. The number of ether oxygens (including phenoxy) is 1. The summed E-state index contributed by atoms with van der Waals surface area (Å²) in [6.07, 6.45) is 1.97. The van der Waals surface area contributed by atoms with Gasteiger partial charge in [0.15, 0.2) is 0 Å². The van der Waals surface area contributed by atoms with Crippen molar-refractivity contribution in [2.45, 2.75) is 92.6 Å². The van der Waals surface area contributed by atoms with E-state index in [0.29, 0.717) is 44.9 Å². The molecular formula is C22H39ClN4O6S. The van der Waals surface area contributed by atoms with E-state index < -0.39 is 39.7 Å². The molecule has 10 nitrogen and oxygen atoms in total. The Hall–Kier alpha value is -0.530. The van der Waals surface area contributed by atoms with Crippen LogP contribution in [0.5, 0.6) is 0 Å². The lowest BCUT2D eigenvalue weighted by Gasteiger charge is -2.41. The van der Waals surface area contributed by atoms with E-state index in [4.69, 9.17) is 16.3 Å². The van der Waals surface area contributed by atoms with Crippen molar-refractivity contribution in [2.75, 3.05) is 39.3 Å². The molecule has 0 bridgehead atoms. The van der Waals surface area contributed by atoms with Crippen molar-refractivity contribution in [3.05, 3.63) is 0 Å². The predicted molar refractivity (Wildman–Crippen MR) is 128 cm³/mol. The van der Waals surface area contributed by atoms with Gasteiger partial charge in [0.2, 0.25) is 15.9 Å². The molecule has 1 unspecified atom stereocenters. The topological polar surface area (TPSA) is 131 Å². The molecule has 3 saturated heterocycles. The van der Waals surface area contributed by atoms with Crippen LogP contribution < -0.4 is 10.0 Å². The van der Waals surface area contributed by atoms with Gasteiger partial charge < -0.3 is 25.2 Å². The SMILES string of the molecule is O=C(C[C@H]1O[C@H](CNS(=O)(=O)C2CCC(Cl)CC2)[C@@H](O)[C@H]1O)N1CCN(C2CCCCN2)CC1. The standard InChI is InChI=1S/C22H39ClN4O6S/c23-15-4-6-16(7-5-15)34(31,32)25-14-18-22(30)21(29)17(33-18)13-20(28)27-11-9-26(10-12-27)19-3-1-2-8-24-19/h15-19,21-22,24-25,29-30H,1-14H2/t15?,16?,17-,18-,19?,21+,22-/m1/s1. The summed E-state index contributed by atoms with van der Waals surface area (Å²) >= 11 is 6.07. The van der Waals surface area contributed by atoms with Crippen LogP contribution in [0.4, 0.5) is 0 Å². The largest absolute Gasteiger partial charge is 0.388 e. The number of sulfonamides is 1. The molecular weight excluding hydrogens is 484 g/mol. The summed E-state index contributed by atoms with van der Waals surface area (Å²) in [5.41, 5.74) is 0. The number of alkyl halides is 1. The first-order valence-corrected chi connectivity index (χ1v) is 14.6. The zero-order valence-corrected chi connectivity index (χ0v) is 21.2. The van der Waals surface area contributed by atoms with Crippen molar-refractivity contribution < 1.29 is 28.2 Å². The summed E-state index contributed by atoms with van der Waals surface area (Å²) in [5.74, 6) is -0.119. The number of carbonyl (C=O) groups is 1. The van der Waals surface area contributed by atoms with E-state index in [1.807, 2.05) is 0 Å². The summed E-state index contributed by atoms with van der Waals surface area (Å²) in [4.78, 5) is 17.0.